The molecule has 0 aromatic heterocycles. The van der Waals surface area contributed by atoms with Crippen LogP contribution in [0.4, 0.5) is 4.39 Å². The van der Waals surface area contributed by atoms with E-state index in [1.54, 1.807) is 24.3 Å². The number of rotatable bonds is 5. The van der Waals surface area contributed by atoms with Crippen LogP contribution in [-0.2, 0) is 16.1 Å². The summed E-state index contributed by atoms with van der Waals surface area (Å²) < 4.78 is 24.9. The lowest BCUT2D eigenvalue weighted by Gasteiger charge is -2.07. The van der Waals surface area contributed by atoms with Gasteiger partial charge in [0.2, 0.25) is 5.90 Å². The summed E-state index contributed by atoms with van der Waals surface area (Å²) in [7, 11) is 0. The van der Waals surface area contributed by atoms with Gasteiger partial charge in [-0.05, 0) is 69.5 Å². The number of cyclic esters (lactones) is 1. The van der Waals surface area contributed by atoms with E-state index in [0.29, 0.717) is 17.9 Å². The van der Waals surface area contributed by atoms with E-state index in [0.717, 1.165) is 15.6 Å². The van der Waals surface area contributed by atoms with Crippen molar-refractivity contribution in [3.63, 3.8) is 0 Å². The summed E-state index contributed by atoms with van der Waals surface area (Å²) in [6.07, 6.45) is 1.65. The number of ether oxygens (including phenoxy) is 2. The minimum atomic E-state index is -0.506. The molecule has 4 rings (SSSR count). The Bertz CT molecular complexity index is 1120. The first-order valence-electron chi connectivity index (χ1n) is 8.83. The molecule has 29 heavy (non-hydrogen) atoms. The van der Waals surface area contributed by atoms with Crippen LogP contribution in [0, 0.1) is 5.82 Å². The summed E-state index contributed by atoms with van der Waals surface area (Å²) >= 11 is 3.43. The predicted molar refractivity (Wildman–Crippen MR) is 112 cm³/mol. The number of esters is 1. The highest BCUT2D eigenvalue weighted by atomic mass is 79.9. The second kappa shape index (κ2) is 8.41. The lowest BCUT2D eigenvalue weighted by atomic mass is 10.2. The summed E-state index contributed by atoms with van der Waals surface area (Å²) in [5, 5.41) is 0. The van der Waals surface area contributed by atoms with Crippen LogP contribution in [0.15, 0.2) is 88.0 Å². The zero-order valence-corrected chi connectivity index (χ0v) is 16.7. The Balaban J connectivity index is 1.52. The Morgan fingerprint density at radius 3 is 2.62 bits per heavy atom. The highest BCUT2D eigenvalue weighted by Gasteiger charge is 2.25. The molecule has 0 spiro atoms. The number of nitrogens with zero attached hydrogens (tertiary/aromatic N) is 1. The number of benzene rings is 3. The monoisotopic (exact) mass is 451 g/mol. The molecule has 0 N–H and O–H groups in total. The molecule has 3 aromatic rings. The first-order chi connectivity index (χ1) is 14.1. The van der Waals surface area contributed by atoms with E-state index >= 15 is 0 Å². The minimum absolute atomic E-state index is 0.214. The van der Waals surface area contributed by atoms with Crippen LogP contribution in [0.2, 0.25) is 0 Å². The van der Waals surface area contributed by atoms with Crippen molar-refractivity contribution >= 4 is 33.9 Å². The third-order valence-corrected chi connectivity index (χ3v) is 4.90. The summed E-state index contributed by atoms with van der Waals surface area (Å²) in [5.74, 6) is 0.101. The number of aliphatic imine (C=N–C) groups is 1. The molecule has 3 aromatic carbocycles. The van der Waals surface area contributed by atoms with E-state index in [2.05, 4.69) is 20.9 Å². The second-order valence-corrected chi connectivity index (χ2v) is 7.16. The molecule has 0 aliphatic carbocycles. The maximum absolute atomic E-state index is 13.0. The van der Waals surface area contributed by atoms with E-state index in [1.807, 2.05) is 42.5 Å². The minimum Gasteiger partial charge on any atom is -0.489 e. The fourth-order valence-electron chi connectivity index (χ4n) is 2.76. The van der Waals surface area contributed by atoms with Gasteiger partial charge in [0.15, 0.2) is 5.70 Å². The average molecular weight is 452 g/mol. The molecule has 0 saturated heterocycles. The molecule has 1 aliphatic rings. The number of halogens is 2. The van der Waals surface area contributed by atoms with Crippen molar-refractivity contribution in [1.82, 2.24) is 0 Å². The highest BCUT2D eigenvalue weighted by molar-refractivity contribution is 9.10. The average Bonchev–Trinajstić information content (AvgIpc) is 3.08. The van der Waals surface area contributed by atoms with Gasteiger partial charge < -0.3 is 9.47 Å². The number of hydrogen-bond acceptors (Lipinski definition) is 4. The molecule has 0 radical (unpaired) electrons. The molecule has 0 fully saturated rings. The van der Waals surface area contributed by atoms with Crippen molar-refractivity contribution in [3.05, 3.63) is 105 Å². The summed E-state index contributed by atoms with van der Waals surface area (Å²) in [4.78, 5) is 16.5. The van der Waals surface area contributed by atoms with E-state index in [4.69, 9.17) is 9.47 Å². The first-order valence-corrected chi connectivity index (χ1v) is 9.62. The Labute approximate surface area is 175 Å². The lowest BCUT2D eigenvalue weighted by Crippen LogP contribution is -2.05. The Morgan fingerprint density at radius 1 is 1.03 bits per heavy atom. The molecular weight excluding hydrogens is 437 g/mol. The van der Waals surface area contributed by atoms with Crippen LogP contribution in [0.25, 0.3) is 6.08 Å². The van der Waals surface area contributed by atoms with Crippen LogP contribution in [0.5, 0.6) is 5.75 Å². The first kappa shape index (κ1) is 19.1. The standard InChI is InChI=1S/C23H15BrFNO3/c24-20-7-2-1-6-19(20)22-26-21(23(27)29-22)13-16-4-3-5-18(12-16)28-14-15-8-10-17(25)11-9-15/h1-13H,14H2/b21-13-. The fraction of sp³-hybridized carbons (Fsp3) is 0.0435. The summed E-state index contributed by atoms with van der Waals surface area (Å²) in [6.45, 7) is 0.312. The summed E-state index contributed by atoms with van der Waals surface area (Å²) in [5.41, 5.74) is 2.54. The Morgan fingerprint density at radius 2 is 1.83 bits per heavy atom. The van der Waals surface area contributed by atoms with Gasteiger partial charge >= 0.3 is 5.97 Å². The number of carbonyl (C=O) groups is 1. The van der Waals surface area contributed by atoms with Crippen molar-refractivity contribution < 1.29 is 18.7 Å². The van der Waals surface area contributed by atoms with Gasteiger partial charge in [0, 0.05) is 4.47 Å². The SMILES string of the molecule is O=C1OC(c2ccccc2Br)=N/C1=C\c1cccc(OCc2ccc(F)cc2)c1. The zero-order valence-electron chi connectivity index (χ0n) is 15.1. The Kier molecular flexibility index (Phi) is 5.53. The highest BCUT2D eigenvalue weighted by Crippen LogP contribution is 2.25. The van der Waals surface area contributed by atoms with E-state index in [-0.39, 0.29) is 17.4 Å². The quantitative estimate of drug-likeness (QED) is 0.379. The van der Waals surface area contributed by atoms with E-state index in [1.165, 1.54) is 12.1 Å². The molecule has 0 amide bonds. The van der Waals surface area contributed by atoms with Crippen LogP contribution in [0.3, 0.4) is 0 Å². The fourth-order valence-corrected chi connectivity index (χ4v) is 3.21. The van der Waals surface area contributed by atoms with Crippen molar-refractivity contribution in [1.29, 1.82) is 0 Å². The van der Waals surface area contributed by atoms with Crippen LogP contribution < -0.4 is 4.74 Å². The predicted octanol–water partition coefficient (Wildman–Crippen LogP) is 5.51. The van der Waals surface area contributed by atoms with E-state index < -0.39 is 5.97 Å². The van der Waals surface area contributed by atoms with Gasteiger partial charge in [0.05, 0.1) is 5.56 Å². The topological polar surface area (TPSA) is 47.9 Å². The summed E-state index contributed by atoms with van der Waals surface area (Å²) in [6, 6.07) is 20.8. The molecular formula is C23H15BrFNO3. The largest absolute Gasteiger partial charge is 0.489 e. The van der Waals surface area contributed by atoms with Crippen molar-refractivity contribution in [2.45, 2.75) is 6.61 Å². The van der Waals surface area contributed by atoms with Crippen molar-refractivity contribution in [3.8, 4) is 5.75 Å². The van der Waals surface area contributed by atoms with Crippen LogP contribution in [-0.4, -0.2) is 11.9 Å². The maximum Gasteiger partial charge on any atom is 0.363 e. The molecule has 0 bridgehead atoms. The molecule has 0 saturated carbocycles. The Hall–Kier alpha value is -3.25. The van der Waals surface area contributed by atoms with Gasteiger partial charge in [-0.2, -0.15) is 0 Å². The molecule has 0 atom stereocenters. The van der Waals surface area contributed by atoms with E-state index in [9.17, 15) is 9.18 Å². The molecule has 144 valence electrons. The molecule has 4 nitrogen and oxygen atoms in total. The van der Waals surface area contributed by atoms with Gasteiger partial charge in [-0.1, -0.05) is 36.4 Å². The smallest absolute Gasteiger partial charge is 0.363 e. The van der Waals surface area contributed by atoms with Crippen molar-refractivity contribution in [2.24, 2.45) is 4.99 Å². The molecule has 1 heterocycles. The van der Waals surface area contributed by atoms with Crippen LogP contribution in [0.1, 0.15) is 16.7 Å². The third-order valence-electron chi connectivity index (χ3n) is 4.21. The molecule has 0 unspecified atom stereocenters. The second-order valence-electron chi connectivity index (χ2n) is 6.30. The normalized spacial score (nSPS) is 14.6. The van der Waals surface area contributed by atoms with Crippen molar-refractivity contribution in [2.75, 3.05) is 0 Å². The maximum atomic E-state index is 13.0. The van der Waals surface area contributed by atoms with Gasteiger partial charge in [0.25, 0.3) is 0 Å². The van der Waals surface area contributed by atoms with Gasteiger partial charge in [0.1, 0.15) is 18.2 Å². The number of carbonyl (C=O) groups excluding carboxylic acids is 1. The zero-order chi connectivity index (χ0) is 20.2. The van der Waals surface area contributed by atoms with Gasteiger partial charge in [-0.3, -0.25) is 0 Å². The third kappa shape index (κ3) is 4.60. The van der Waals surface area contributed by atoms with Gasteiger partial charge in [-0.15, -0.1) is 0 Å². The van der Waals surface area contributed by atoms with Crippen LogP contribution >= 0.6 is 15.9 Å². The lowest BCUT2D eigenvalue weighted by molar-refractivity contribution is -0.129. The van der Waals surface area contributed by atoms with Gasteiger partial charge in [-0.25, -0.2) is 14.2 Å². The molecule has 6 heteroatoms. The number of hydrogen-bond donors (Lipinski definition) is 0. The molecule has 1 aliphatic heterocycles.